The van der Waals surface area contributed by atoms with Crippen LogP contribution in [0.15, 0.2) is 72.9 Å². The van der Waals surface area contributed by atoms with Gasteiger partial charge >= 0.3 is 0 Å². The molecule has 264 valence electrons. The van der Waals surface area contributed by atoms with E-state index < -0.39 is 5.91 Å². The lowest BCUT2D eigenvalue weighted by molar-refractivity contribution is 0.102. The zero-order valence-corrected chi connectivity index (χ0v) is 28.3. The van der Waals surface area contributed by atoms with Gasteiger partial charge in [-0.1, -0.05) is 30.3 Å². The normalized spacial score (nSPS) is 14.0. The van der Waals surface area contributed by atoms with E-state index in [9.17, 15) is 13.6 Å². The fourth-order valence-electron chi connectivity index (χ4n) is 6.55. The predicted molar refractivity (Wildman–Crippen MR) is 193 cm³/mol. The van der Waals surface area contributed by atoms with Gasteiger partial charge in [-0.3, -0.25) is 10.1 Å². The fourth-order valence-corrected chi connectivity index (χ4v) is 6.55. The minimum atomic E-state index is -0.415. The van der Waals surface area contributed by atoms with Crippen molar-refractivity contribution in [2.45, 2.75) is 51.7 Å². The predicted octanol–water partition coefficient (Wildman–Crippen LogP) is 6.11. The molecule has 0 atom stereocenters. The molecule has 0 radical (unpaired) electrons. The molecule has 3 aromatic carbocycles. The van der Waals surface area contributed by atoms with Gasteiger partial charge < -0.3 is 20.7 Å². The Labute approximate surface area is 298 Å². The van der Waals surface area contributed by atoms with Gasteiger partial charge in [0.15, 0.2) is 11.6 Å². The van der Waals surface area contributed by atoms with Crippen LogP contribution in [0.2, 0.25) is 0 Å². The summed E-state index contributed by atoms with van der Waals surface area (Å²) in [5.74, 6) is 1.05. The number of rotatable bonds is 9. The number of halogens is 2. The number of nitrogens with zero attached hydrogens (tertiary/aromatic N) is 6. The molecule has 6 aromatic rings. The number of nitrogens with one attached hydrogen (secondary N) is 4. The number of aryl methyl sites for hydroxylation is 2. The monoisotopic (exact) mass is 702 g/mol. The molecule has 1 amide bonds. The number of carbonyl (C=O) groups excluding carboxylic acids is 1. The lowest BCUT2D eigenvalue weighted by atomic mass is 10.1. The molecule has 0 aliphatic carbocycles. The van der Waals surface area contributed by atoms with E-state index in [1.54, 1.807) is 35.1 Å². The zero-order chi connectivity index (χ0) is 35.4. The van der Waals surface area contributed by atoms with E-state index in [0.717, 1.165) is 54.6 Å². The molecule has 4 N–H and O–H groups in total. The van der Waals surface area contributed by atoms with Gasteiger partial charge in [-0.05, 0) is 86.2 Å². The number of aromatic nitrogens is 6. The van der Waals surface area contributed by atoms with Crippen molar-refractivity contribution >= 4 is 34.4 Å². The van der Waals surface area contributed by atoms with Crippen molar-refractivity contribution in [3.8, 4) is 11.7 Å². The Morgan fingerprint density at radius 3 is 2.37 bits per heavy atom. The standard InChI is InChI=1S/C38H36F2N10O2/c39-25-9-3-7-23(17-25)19-42-34-29-21-41-15-6-13-30(29)46-38(48-34)50-32-14-5-11-27(28(32)22-44-50)36(51)49-37-45-31-12-1-2-16-52-33(31)35(47-37)43-20-24-8-4-10-26(40)18-24/h3-5,7-11,14,17-18,22,41H,1-2,6,12-13,15-16,19-21H2,(H,42,46,48)(H2,43,45,47,49,51). The van der Waals surface area contributed by atoms with Crippen LogP contribution in [0.5, 0.6) is 5.75 Å². The van der Waals surface area contributed by atoms with E-state index >= 15 is 0 Å². The van der Waals surface area contributed by atoms with Crippen LogP contribution < -0.4 is 26.0 Å². The van der Waals surface area contributed by atoms with Crippen molar-refractivity contribution in [1.29, 1.82) is 0 Å². The van der Waals surface area contributed by atoms with Crippen LogP contribution in [-0.2, 0) is 32.5 Å². The summed E-state index contributed by atoms with van der Waals surface area (Å²) in [6.07, 6.45) is 5.69. The van der Waals surface area contributed by atoms with Gasteiger partial charge in [-0.15, -0.1) is 0 Å². The van der Waals surface area contributed by atoms with Crippen molar-refractivity contribution in [2.75, 3.05) is 29.1 Å². The lowest BCUT2D eigenvalue weighted by Gasteiger charge is -2.16. The maximum Gasteiger partial charge on any atom is 0.258 e. The average Bonchev–Trinajstić information content (AvgIpc) is 3.27. The Morgan fingerprint density at radius 1 is 0.827 bits per heavy atom. The molecule has 2 aliphatic rings. The highest BCUT2D eigenvalue weighted by atomic mass is 19.1. The summed E-state index contributed by atoms with van der Waals surface area (Å²) in [7, 11) is 0. The number of carbonyl (C=O) groups is 1. The third-order valence-electron chi connectivity index (χ3n) is 9.11. The van der Waals surface area contributed by atoms with E-state index in [0.29, 0.717) is 78.2 Å². The van der Waals surface area contributed by atoms with E-state index in [1.165, 1.54) is 24.3 Å². The summed E-state index contributed by atoms with van der Waals surface area (Å²) in [6, 6.07) is 18.1. The number of hydrogen-bond donors (Lipinski definition) is 4. The van der Waals surface area contributed by atoms with Crippen LogP contribution in [0.25, 0.3) is 16.9 Å². The van der Waals surface area contributed by atoms with E-state index in [1.807, 2.05) is 18.2 Å². The van der Waals surface area contributed by atoms with Crippen LogP contribution in [0, 0.1) is 11.6 Å². The number of anilines is 3. The van der Waals surface area contributed by atoms with Crippen LogP contribution >= 0.6 is 0 Å². The average molecular weight is 703 g/mol. The van der Waals surface area contributed by atoms with Crippen molar-refractivity contribution in [1.82, 2.24) is 35.0 Å². The molecule has 3 aromatic heterocycles. The van der Waals surface area contributed by atoms with Crippen molar-refractivity contribution < 1.29 is 18.3 Å². The maximum atomic E-state index is 13.9. The van der Waals surface area contributed by atoms with Crippen molar-refractivity contribution in [2.24, 2.45) is 0 Å². The second-order valence-corrected chi connectivity index (χ2v) is 12.8. The third-order valence-corrected chi connectivity index (χ3v) is 9.11. The maximum absolute atomic E-state index is 13.9. The summed E-state index contributed by atoms with van der Waals surface area (Å²) >= 11 is 0. The molecule has 12 nitrogen and oxygen atoms in total. The zero-order valence-electron chi connectivity index (χ0n) is 28.3. The summed E-state index contributed by atoms with van der Waals surface area (Å²) < 4.78 is 35.4. The minimum absolute atomic E-state index is 0.122. The van der Waals surface area contributed by atoms with Crippen molar-refractivity contribution in [3.63, 3.8) is 0 Å². The topological polar surface area (TPSA) is 144 Å². The first-order valence-electron chi connectivity index (χ1n) is 17.4. The summed E-state index contributed by atoms with van der Waals surface area (Å²) in [4.78, 5) is 33.0. The molecular formula is C38H36F2N10O2. The highest BCUT2D eigenvalue weighted by molar-refractivity contribution is 6.12. The Morgan fingerprint density at radius 2 is 1.58 bits per heavy atom. The smallest absolute Gasteiger partial charge is 0.258 e. The molecule has 0 saturated heterocycles. The van der Waals surface area contributed by atoms with Gasteiger partial charge in [0.05, 0.1) is 35.3 Å². The van der Waals surface area contributed by atoms with Gasteiger partial charge in [0.2, 0.25) is 5.95 Å². The first kappa shape index (κ1) is 33.1. The summed E-state index contributed by atoms with van der Waals surface area (Å²) in [5.41, 5.74) is 5.09. The Kier molecular flexibility index (Phi) is 9.36. The second-order valence-electron chi connectivity index (χ2n) is 12.8. The molecule has 0 saturated carbocycles. The van der Waals surface area contributed by atoms with Gasteiger partial charge in [-0.2, -0.15) is 19.7 Å². The van der Waals surface area contributed by atoms with Crippen molar-refractivity contribution in [3.05, 3.63) is 118 Å². The molecule has 14 heteroatoms. The molecule has 5 heterocycles. The quantitative estimate of drug-likeness (QED) is 0.139. The molecule has 0 fully saturated rings. The first-order valence-corrected chi connectivity index (χ1v) is 17.4. The molecule has 2 aliphatic heterocycles. The Bertz CT molecular complexity index is 2280. The highest BCUT2D eigenvalue weighted by Gasteiger charge is 2.23. The van der Waals surface area contributed by atoms with E-state index in [4.69, 9.17) is 14.7 Å². The summed E-state index contributed by atoms with van der Waals surface area (Å²) in [5, 5.41) is 18.2. The number of amides is 1. The number of benzene rings is 3. The lowest BCUT2D eigenvalue weighted by Crippen LogP contribution is -2.17. The van der Waals surface area contributed by atoms with Gasteiger partial charge in [0.1, 0.15) is 17.5 Å². The third kappa shape index (κ3) is 7.10. The molecule has 52 heavy (non-hydrogen) atoms. The number of fused-ring (bicyclic) bond motifs is 3. The SMILES string of the molecule is O=C(Nc1nc2c(c(NCc3cccc(F)c3)n1)OCCCC2)c1cccc2c1cnn2-c1nc2c(c(NCc3cccc(F)c3)n1)CNCCC2. The van der Waals surface area contributed by atoms with Gasteiger partial charge in [0, 0.05) is 30.6 Å². The Hall–Kier alpha value is -6.02. The van der Waals surface area contributed by atoms with Crippen LogP contribution in [-0.4, -0.2) is 48.8 Å². The van der Waals surface area contributed by atoms with E-state index in [-0.39, 0.29) is 17.6 Å². The van der Waals surface area contributed by atoms with Crippen LogP contribution in [0.3, 0.4) is 0 Å². The number of hydrogen-bond acceptors (Lipinski definition) is 10. The highest BCUT2D eigenvalue weighted by Crippen LogP contribution is 2.32. The van der Waals surface area contributed by atoms with E-state index in [2.05, 4.69) is 36.3 Å². The molecular weight excluding hydrogens is 666 g/mol. The van der Waals surface area contributed by atoms with Crippen LogP contribution in [0.4, 0.5) is 26.4 Å². The van der Waals surface area contributed by atoms with Crippen LogP contribution in [0.1, 0.15) is 57.7 Å². The fraction of sp³-hybridized carbons (Fsp3) is 0.263. The number of ether oxygens (including phenoxy) is 1. The largest absolute Gasteiger partial charge is 0.488 e. The van der Waals surface area contributed by atoms with Gasteiger partial charge in [0.25, 0.3) is 11.9 Å². The molecule has 0 bridgehead atoms. The summed E-state index contributed by atoms with van der Waals surface area (Å²) in [6.45, 7) is 2.66. The Balaban J connectivity index is 1.09. The molecule has 0 spiro atoms. The van der Waals surface area contributed by atoms with Gasteiger partial charge in [-0.25, -0.2) is 18.7 Å². The molecule has 8 rings (SSSR count). The second kappa shape index (κ2) is 14.7. The first-order chi connectivity index (χ1) is 25.5. The molecule has 0 unspecified atom stereocenters. The minimum Gasteiger partial charge on any atom is -0.488 e.